The average Bonchev–Trinajstić information content (AvgIpc) is 2.18. The van der Waals surface area contributed by atoms with E-state index in [9.17, 15) is 4.39 Å². The zero-order valence-corrected chi connectivity index (χ0v) is 9.05. The Bertz CT molecular complexity index is 274. The van der Waals surface area contributed by atoms with Gasteiger partial charge in [-0.1, -0.05) is 19.1 Å². The third-order valence-electron chi connectivity index (χ3n) is 2.41. The monoisotopic (exact) mass is 195 g/mol. The lowest BCUT2D eigenvalue weighted by molar-refractivity contribution is 0.381. The van der Waals surface area contributed by atoms with E-state index in [1.165, 1.54) is 0 Å². The van der Waals surface area contributed by atoms with Gasteiger partial charge in [0, 0.05) is 12.2 Å². The summed E-state index contributed by atoms with van der Waals surface area (Å²) >= 11 is 0. The first-order valence-electron chi connectivity index (χ1n) is 5.13. The highest BCUT2D eigenvalue weighted by Crippen LogP contribution is 2.20. The number of nitrogens with one attached hydrogen (secondary N) is 1. The lowest BCUT2D eigenvalue weighted by atomic mass is 9.95. The number of hydrogen-bond donors (Lipinski definition) is 1. The van der Waals surface area contributed by atoms with E-state index < -0.39 is 6.17 Å². The molecule has 14 heavy (non-hydrogen) atoms. The van der Waals surface area contributed by atoms with Gasteiger partial charge in [-0.2, -0.15) is 0 Å². The molecule has 0 fully saturated rings. The summed E-state index contributed by atoms with van der Waals surface area (Å²) in [6.45, 7) is 5.61. The van der Waals surface area contributed by atoms with E-state index in [0.29, 0.717) is 0 Å². The predicted molar refractivity (Wildman–Crippen MR) is 58.8 cm³/mol. The van der Waals surface area contributed by atoms with Crippen molar-refractivity contribution < 1.29 is 4.39 Å². The number of alkyl halides is 1. The lowest BCUT2D eigenvalue weighted by Gasteiger charge is -2.24. The maximum Gasteiger partial charge on any atom is 0.121 e. The van der Waals surface area contributed by atoms with Crippen molar-refractivity contribution in [3.8, 4) is 0 Å². The minimum Gasteiger partial charge on any atom is -0.384 e. The van der Waals surface area contributed by atoms with Gasteiger partial charge >= 0.3 is 0 Å². The van der Waals surface area contributed by atoms with Gasteiger partial charge in [-0.3, -0.25) is 0 Å². The van der Waals surface area contributed by atoms with Crippen LogP contribution >= 0.6 is 0 Å². The molecule has 78 valence electrons. The Morgan fingerprint density at radius 1 is 1.64 bits per heavy atom. The molecule has 0 aliphatic carbocycles. The molecule has 0 saturated carbocycles. The standard InChI is InChI=1S/C12H18FN/c1-4-6-10-7-11(9(3)13)12(5-2)14-8-10/h4,6-9,12,14H,5H2,1-3H3/b6-4+. The molecule has 1 aliphatic heterocycles. The first kappa shape index (κ1) is 11.0. The van der Waals surface area contributed by atoms with E-state index in [2.05, 4.69) is 12.2 Å². The van der Waals surface area contributed by atoms with Crippen molar-refractivity contribution in [2.45, 2.75) is 39.4 Å². The molecule has 0 radical (unpaired) electrons. The van der Waals surface area contributed by atoms with E-state index in [1.54, 1.807) is 6.92 Å². The Hall–Kier alpha value is -1.05. The summed E-state index contributed by atoms with van der Waals surface area (Å²) in [6, 6.07) is 0.156. The van der Waals surface area contributed by atoms with Crippen LogP contribution in [0.25, 0.3) is 0 Å². The molecule has 2 unspecified atom stereocenters. The van der Waals surface area contributed by atoms with Crippen molar-refractivity contribution in [2.75, 3.05) is 0 Å². The van der Waals surface area contributed by atoms with E-state index in [4.69, 9.17) is 0 Å². The lowest BCUT2D eigenvalue weighted by Crippen LogP contribution is -2.32. The fourth-order valence-corrected chi connectivity index (χ4v) is 1.66. The summed E-state index contributed by atoms with van der Waals surface area (Å²) in [5, 5.41) is 3.21. The van der Waals surface area contributed by atoms with E-state index in [-0.39, 0.29) is 6.04 Å². The predicted octanol–water partition coefficient (Wildman–Crippen LogP) is 3.11. The Balaban J connectivity index is 2.86. The minimum atomic E-state index is -0.874. The van der Waals surface area contributed by atoms with Crippen LogP contribution in [0, 0.1) is 0 Å². The van der Waals surface area contributed by atoms with Crippen LogP contribution in [0.4, 0.5) is 4.39 Å². The average molecular weight is 195 g/mol. The van der Waals surface area contributed by atoms with Gasteiger partial charge in [0.25, 0.3) is 0 Å². The molecule has 2 heteroatoms. The van der Waals surface area contributed by atoms with Gasteiger partial charge in [0.1, 0.15) is 6.17 Å². The van der Waals surface area contributed by atoms with Crippen LogP contribution in [-0.4, -0.2) is 12.2 Å². The van der Waals surface area contributed by atoms with Crippen LogP contribution < -0.4 is 5.32 Å². The van der Waals surface area contributed by atoms with E-state index >= 15 is 0 Å². The number of dihydropyridines is 1. The van der Waals surface area contributed by atoms with Crippen LogP contribution in [0.5, 0.6) is 0 Å². The Morgan fingerprint density at radius 3 is 2.86 bits per heavy atom. The zero-order valence-electron chi connectivity index (χ0n) is 9.05. The van der Waals surface area contributed by atoms with Gasteiger partial charge in [0.15, 0.2) is 0 Å². The number of allylic oxidation sites excluding steroid dienone is 4. The van der Waals surface area contributed by atoms with Gasteiger partial charge in [-0.25, -0.2) is 4.39 Å². The van der Waals surface area contributed by atoms with Gasteiger partial charge in [-0.15, -0.1) is 0 Å². The van der Waals surface area contributed by atoms with E-state index in [0.717, 1.165) is 17.6 Å². The van der Waals surface area contributed by atoms with Crippen molar-refractivity contribution in [3.05, 3.63) is 35.6 Å². The first-order chi connectivity index (χ1) is 6.69. The van der Waals surface area contributed by atoms with Crippen molar-refractivity contribution >= 4 is 0 Å². The molecule has 0 amide bonds. The van der Waals surface area contributed by atoms with Crippen LogP contribution in [0.1, 0.15) is 27.2 Å². The molecule has 0 aromatic rings. The molecule has 2 atom stereocenters. The second-order valence-electron chi connectivity index (χ2n) is 3.53. The molecule has 0 saturated heterocycles. The molecule has 1 heterocycles. The molecular weight excluding hydrogens is 177 g/mol. The first-order valence-corrected chi connectivity index (χ1v) is 5.13. The number of halogens is 1. The Labute approximate surface area is 85.4 Å². The van der Waals surface area contributed by atoms with Gasteiger partial charge < -0.3 is 5.32 Å². The number of hydrogen-bond acceptors (Lipinski definition) is 1. The maximum atomic E-state index is 13.3. The summed E-state index contributed by atoms with van der Waals surface area (Å²) < 4.78 is 13.3. The van der Waals surface area contributed by atoms with Crippen molar-refractivity contribution in [1.82, 2.24) is 5.32 Å². The largest absolute Gasteiger partial charge is 0.384 e. The highest BCUT2D eigenvalue weighted by molar-refractivity contribution is 5.39. The van der Waals surface area contributed by atoms with Crippen LogP contribution in [0.2, 0.25) is 0 Å². The van der Waals surface area contributed by atoms with E-state index in [1.807, 2.05) is 31.4 Å². The normalized spacial score (nSPS) is 24.1. The van der Waals surface area contributed by atoms with Gasteiger partial charge in [-0.05, 0) is 37.5 Å². The summed E-state index contributed by atoms with van der Waals surface area (Å²) in [4.78, 5) is 0. The second-order valence-corrected chi connectivity index (χ2v) is 3.53. The molecule has 1 aliphatic rings. The van der Waals surface area contributed by atoms with Crippen molar-refractivity contribution in [3.63, 3.8) is 0 Å². The van der Waals surface area contributed by atoms with Crippen LogP contribution in [-0.2, 0) is 0 Å². The molecule has 0 spiro atoms. The number of rotatable bonds is 3. The molecular formula is C12H18FN. The van der Waals surface area contributed by atoms with Gasteiger partial charge in [0.2, 0.25) is 0 Å². The second kappa shape index (κ2) is 4.99. The van der Waals surface area contributed by atoms with Crippen molar-refractivity contribution in [1.29, 1.82) is 0 Å². The molecule has 1 N–H and O–H groups in total. The fourth-order valence-electron chi connectivity index (χ4n) is 1.66. The third-order valence-corrected chi connectivity index (χ3v) is 2.41. The summed E-state index contributed by atoms with van der Waals surface area (Å²) in [5.74, 6) is 0. The zero-order chi connectivity index (χ0) is 10.6. The molecule has 1 nitrogen and oxygen atoms in total. The highest BCUT2D eigenvalue weighted by atomic mass is 19.1. The van der Waals surface area contributed by atoms with Gasteiger partial charge in [0.05, 0.1) is 0 Å². The Kier molecular flexibility index (Phi) is 3.93. The molecule has 1 rings (SSSR count). The smallest absolute Gasteiger partial charge is 0.121 e. The van der Waals surface area contributed by atoms with Crippen LogP contribution in [0.15, 0.2) is 35.6 Å². The quantitative estimate of drug-likeness (QED) is 0.729. The topological polar surface area (TPSA) is 12.0 Å². The SMILES string of the molecule is C/C=C/C1=CNC(CC)C(C(C)F)=C1. The maximum absolute atomic E-state index is 13.3. The summed E-state index contributed by atoms with van der Waals surface area (Å²) in [7, 11) is 0. The fraction of sp³-hybridized carbons (Fsp3) is 0.500. The van der Waals surface area contributed by atoms with Crippen LogP contribution in [0.3, 0.4) is 0 Å². The minimum absolute atomic E-state index is 0.156. The summed E-state index contributed by atoms with van der Waals surface area (Å²) in [5.41, 5.74) is 1.89. The Morgan fingerprint density at radius 2 is 2.36 bits per heavy atom. The third kappa shape index (κ3) is 2.47. The van der Waals surface area contributed by atoms with Crippen molar-refractivity contribution in [2.24, 2.45) is 0 Å². The molecule has 0 bridgehead atoms. The summed E-state index contributed by atoms with van der Waals surface area (Å²) in [6.07, 6.45) is 7.86. The molecule has 0 aromatic heterocycles. The highest BCUT2D eigenvalue weighted by Gasteiger charge is 2.19. The molecule has 0 aromatic carbocycles.